The van der Waals surface area contributed by atoms with Crippen molar-refractivity contribution >= 4 is 58.1 Å². The summed E-state index contributed by atoms with van der Waals surface area (Å²) in [5.41, 5.74) is 2.71. The van der Waals surface area contributed by atoms with E-state index in [-0.39, 0.29) is 11.7 Å². The van der Waals surface area contributed by atoms with Gasteiger partial charge in [-0.3, -0.25) is 4.79 Å². The molecule has 0 saturated heterocycles. The number of aryl methyl sites for hydroxylation is 2. The number of amides is 1. The van der Waals surface area contributed by atoms with Crippen molar-refractivity contribution in [1.29, 1.82) is 0 Å². The first kappa shape index (κ1) is 16.6. The fraction of sp³-hybridized carbons (Fsp3) is 0.308. The normalized spacial score (nSPS) is 10.7. The van der Waals surface area contributed by atoms with Crippen LogP contribution < -0.4 is 5.32 Å². The highest BCUT2D eigenvalue weighted by Gasteiger charge is 2.11. The van der Waals surface area contributed by atoms with Gasteiger partial charge in [-0.2, -0.15) is 0 Å². The van der Waals surface area contributed by atoms with E-state index in [1.165, 1.54) is 23.1 Å². The Bertz CT molecular complexity index is 637. The first-order valence-electron chi connectivity index (χ1n) is 6.06. The molecular formula is C13H14ClN3OS3. The van der Waals surface area contributed by atoms with Crippen LogP contribution in [0.25, 0.3) is 0 Å². The van der Waals surface area contributed by atoms with E-state index < -0.39 is 0 Å². The van der Waals surface area contributed by atoms with Gasteiger partial charge in [-0.1, -0.05) is 52.5 Å². The molecule has 8 heteroatoms. The van der Waals surface area contributed by atoms with Crippen LogP contribution in [-0.4, -0.2) is 28.1 Å². The topological polar surface area (TPSA) is 54.9 Å². The van der Waals surface area contributed by atoms with Gasteiger partial charge in [0, 0.05) is 0 Å². The monoisotopic (exact) mass is 359 g/mol. The molecule has 0 spiro atoms. The summed E-state index contributed by atoms with van der Waals surface area (Å²) in [5.74, 6) is 0.182. The fourth-order valence-corrected chi connectivity index (χ4v) is 4.32. The van der Waals surface area contributed by atoms with Gasteiger partial charge in [-0.25, -0.2) is 0 Å². The van der Waals surface area contributed by atoms with Gasteiger partial charge < -0.3 is 5.32 Å². The van der Waals surface area contributed by atoms with Crippen molar-refractivity contribution in [3.05, 3.63) is 28.3 Å². The minimum Gasteiger partial charge on any atom is -0.324 e. The Balaban J connectivity index is 1.96. The molecule has 2 rings (SSSR count). The molecule has 0 bridgehead atoms. The van der Waals surface area contributed by atoms with Crippen molar-refractivity contribution in [2.24, 2.45) is 0 Å². The number of anilines is 1. The molecule has 0 radical (unpaired) electrons. The summed E-state index contributed by atoms with van der Waals surface area (Å²) in [5, 5.41) is 11.4. The van der Waals surface area contributed by atoms with E-state index in [4.69, 9.17) is 11.6 Å². The van der Waals surface area contributed by atoms with E-state index >= 15 is 0 Å². The van der Waals surface area contributed by atoms with Crippen LogP contribution in [0.1, 0.15) is 11.1 Å². The molecule has 0 unspecified atom stereocenters. The molecule has 0 aliphatic rings. The van der Waals surface area contributed by atoms with Crippen molar-refractivity contribution in [3.63, 3.8) is 0 Å². The molecule has 0 atom stereocenters. The zero-order chi connectivity index (χ0) is 15.4. The van der Waals surface area contributed by atoms with Crippen molar-refractivity contribution in [2.45, 2.75) is 22.5 Å². The second-order valence-electron chi connectivity index (χ2n) is 4.31. The largest absolute Gasteiger partial charge is 0.324 e. The highest BCUT2D eigenvalue weighted by atomic mass is 35.5. The number of rotatable bonds is 5. The minimum atomic E-state index is -0.102. The zero-order valence-electron chi connectivity index (χ0n) is 11.8. The van der Waals surface area contributed by atoms with Crippen LogP contribution >= 0.6 is 46.5 Å². The maximum atomic E-state index is 12.0. The highest BCUT2D eigenvalue weighted by molar-refractivity contribution is 8.03. The molecule has 4 nitrogen and oxygen atoms in total. The average molecular weight is 360 g/mol. The molecular weight excluding hydrogens is 346 g/mol. The number of halogens is 1. The second kappa shape index (κ2) is 7.49. The lowest BCUT2D eigenvalue weighted by Gasteiger charge is -2.11. The summed E-state index contributed by atoms with van der Waals surface area (Å²) < 4.78 is 1.69. The molecule has 0 fully saturated rings. The van der Waals surface area contributed by atoms with E-state index in [2.05, 4.69) is 15.5 Å². The van der Waals surface area contributed by atoms with Crippen molar-refractivity contribution in [2.75, 3.05) is 17.3 Å². The smallest absolute Gasteiger partial charge is 0.234 e. The summed E-state index contributed by atoms with van der Waals surface area (Å²) in [7, 11) is 0. The van der Waals surface area contributed by atoms with Gasteiger partial charge >= 0.3 is 0 Å². The second-order valence-corrected chi connectivity index (χ2v) is 7.97. The average Bonchev–Trinajstić information content (AvgIpc) is 2.88. The van der Waals surface area contributed by atoms with Crippen LogP contribution in [0.3, 0.4) is 0 Å². The Labute approximate surface area is 141 Å². The third-order valence-corrected chi connectivity index (χ3v) is 5.92. The van der Waals surface area contributed by atoms with E-state index in [0.717, 1.165) is 19.8 Å². The molecule has 1 heterocycles. The van der Waals surface area contributed by atoms with Gasteiger partial charge in [0.1, 0.15) is 0 Å². The number of hydrogen-bond acceptors (Lipinski definition) is 6. The van der Waals surface area contributed by atoms with Crippen LogP contribution in [0.2, 0.25) is 5.02 Å². The molecule has 21 heavy (non-hydrogen) atoms. The lowest BCUT2D eigenvalue weighted by Crippen LogP contribution is -2.15. The number of carbonyl (C=O) groups is 1. The molecule has 0 aliphatic carbocycles. The van der Waals surface area contributed by atoms with Crippen LogP contribution in [0, 0.1) is 13.8 Å². The summed E-state index contributed by atoms with van der Waals surface area (Å²) >= 11 is 10.6. The third kappa shape index (κ3) is 4.60. The van der Waals surface area contributed by atoms with Gasteiger partial charge in [0.2, 0.25) is 5.91 Å². The quantitative estimate of drug-likeness (QED) is 0.808. The Kier molecular flexibility index (Phi) is 5.92. The maximum absolute atomic E-state index is 12.0. The van der Waals surface area contributed by atoms with Crippen LogP contribution in [0.5, 0.6) is 0 Å². The number of hydrogen-bond donors (Lipinski definition) is 1. The molecule has 2 aromatic rings. The minimum absolute atomic E-state index is 0.102. The van der Waals surface area contributed by atoms with Gasteiger partial charge in [0.25, 0.3) is 0 Å². The summed E-state index contributed by atoms with van der Waals surface area (Å²) in [4.78, 5) is 12.0. The molecule has 0 aliphatic heterocycles. The highest BCUT2D eigenvalue weighted by Crippen LogP contribution is 2.29. The zero-order valence-corrected chi connectivity index (χ0v) is 15.0. The molecule has 1 amide bonds. The molecule has 0 saturated carbocycles. The first-order valence-corrected chi connectivity index (χ1v) is 9.47. The number of thioether (sulfide) groups is 2. The van der Waals surface area contributed by atoms with E-state index in [0.29, 0.717) is 10.7 Å². The Morgan fingerprint density at radius 3 is 2.67 bits per heavy atom. The first-order chi connectivity index (χ1) is 9.99. The molecule has 1 aromatic carbocycles. The van der Waals surface area contributed by atoms with Crippen LogP contribution in [-0.2, 0) is 4.79 Å². The summed E-state index contributed by atoms with van der Waals surface area (Å²) in [6, 6.07) is 3.83. The fourth-order valence-electron chi connectivity index (χ4n) is 1.71. The van der Waals surface area contributed by atoms with E-state index in [9.17, 15) is 4.79 Å². The van der Waals surface area contributed by atoms with Crippen molar-refractivity contribution < 1.29 is 4.79 Å². The molecule has 1 aromatic heterocycles. The van der Waals surface area contributed by atoms with Gasteiger partial charge in [-0.15, -0.1) is 10.2 Å². The summed E-state index contributed by atoms with van der Waals surface area (Å²) in [6.07, 6.45) is 1.95. The predicted octanol–water partition coefficient (Wildman–Crippen LogP) is 4.26. The van der Waals surface area contributed by atoms with Crippen LogP contribution in [0.15, 0.2) is 20.8 Å². The van der Waals surface area contributed by atoms with E-state index in [1.807, 2.05) is 32.2 Å². The van der Waals surface area contributed by atoms with Crippen molar-refractivity contribution in [1.82, 2.24) is 10.2 Å². The summed E-state index contributed by atoms with van der Waals surface area (Å²) in [6.45, 7) is 3.90. The Morgan fingerprint density at radius 1 is 1.33 bits per heavy atom. The number of nitrogens with one attached hydrogen (secondary N) is 1. The maximum Gasteiger partial charge on any atom is 0.234 e. The lowest BCUT2D eigenvalue weighted by molar-refractivity contribution is -0.113. The van der Waals surface area contributed by atoms with Crippen LogP contribution in [0.4, 0.5) is 5.69 Å². The standard InChI is InChI=1S/C13H14ClN3OS3/c1-7-4-8(2)11(9(14)5-7)15-10(18)6-20-13-17-16-12(19-3)21-13/h4-5H,6H2,1-3H3,(H,15,18). The van der Waals surface area contributed by atoms with Gasteiger partial charge in [0.15, 0.2) is 8.68 Å². The third-order valence-electron chi connectivity index (χ3n) is 2.59. The molecule has 112 valence electrons. The number of carbonyl (C=O) groups excluding carboxylic acids is 1. The SMILES string of the molecule is CSc1nnc(SCC(=O)Nc2c(C)cc(C)cc2Cl)s1. The number of nitrogens with zero attached hydrogens (tertiary/aromatic N) is 2. The van der Waals surface area contributed by atoms with E-state index in [1.54, 1.807) is 11.8 Å². The lowest BCUT2D eigenvalue weighted by atomic mass is 10.1. The number of aromatic nitrogens is 2. The Hall–Kier alpha value is -0.760. The predicted molar refractivity (Wildman–Crippen MR) is 92.0 cm³/mol. The van der Waals surface area contributed by atoms with Gasteiger partial charge in [-0.05, 0) is 37.3 Å². The molecule has 1 N–H and O–H groups in total. The van der Waals surface area contributed by atoms with Gasteiger partial charge in [0.05, 0.1) is 16.5 Å². The number of benzene rings is 1. The van der Waals surface area contributed by atoms with Crippen molar-refractivity contribution in [3.8, 4) is 0 Å². The Morgan fingerprint density at radius 2 is 2.05 bits per heavy atom.